The van der Waals surface area contributed by atoms with Gasteiger partial charge in [-0.3, -0.25) is 14.8 Å². The molecule has 3 N–H and O–H groups in total. The normalized spacial score (nSPS) is 17.5. The van der Waals surface area contributed by atoms with Gasteiger partial charge in [0.1, 0.15) is 5.75 Å². The highest BCUT2D eigenvalue weighted by atomic mass is 16.5. The monoisotopic (exact) mass is 481 g/mol. The number of urea groups is 1. The molecular weight excluding hydrogens is 458 g/mol. The van der Waals surface area contributed by atoms with Crippen LogP contribution in [0.1, 0.15) is 5.56 Å². The van der Waals surface area contributed by atoms with E-state index in [1.54, 1.807) is 30.0 Å². The third-order valence-corrected chi connectivity index (χ3v) is 6.87. The number of benzene rings is 3. The second-order valence-electron chi connectivity index (χ2n) is 8.97. The first-order valence-electron chi connectivity index (χ1n) is 11.4. The van der Waals surface area contributed by atoms with E-state index in [2.05, 4.69) is 21.8 Å². The summed E-state index contributed by atoms with van der Waals surface area (Å²) in [5, 5.41) is 22.8. The maximum Gasteiger partial charge on any atom is 0.322 e. The molecule has 1 saturated heterocycles. The number of hydrogen-bond donors (Lipinski definition) is 3. The Kier molecular flexibility index (Phi) is 4.75. The van der Waals surface area contributed by atoms with Gasteiger partial charge >= 0.3 is 6.03 Å². The average Bonchev–Trinajstić information content (AvgIpc) is 3.51. The number of carbonyl (C=O) groups excluding carboxylic acids is 2. The molecule has 2 aromatic heterocycles. The topological polar surface area (TPSA) is 110 Å². The lowest BCUT2D eigenvalue weighted by molar-refractivity contribution is -0.124. The molecule has 0 spiro atoms. The summed E-state index contributed by atoms with van der Waals surface area (Å²) in [6.07, 6.45) is 3.57. The molecule has 0 saturated carbocycles. The Morgan fingerprint density at radius 3 is 2.50 bits per heavy atom. The number of aryl methyl sites for hydroxylation is 1. The number of aromatic nitrogens is 3. The lowest BCUT2D eigenvalue weighted by atomic mass is 9.88. The molecule has 1 fully saturated rings. The van der Waals surface area contributed by atoms with Gasteiger partial charge in [0.05, 0.1) is 25.4 Å². The highest BCUT2D eigenvalue weighted by molar-refractivity contribution is 6.07. The lowest BCUT2D eigenvalue weighted by Gasteiger charge is -2.27. The van der Waals surface area contributed by atoms with Gasteiger partial charge in [0.15, 0.2) is 11.4 Å². The molecule has 0 unspecified atom stereocenters. The maximum absolute atomic E-state index is 13.1. The van der Waals surface area contributed by atoms with Crippen molar-refractivity contribution in [2.45, 2.75) is 12.1 Å². The van der Waals surface area contributed by atoms with Crippen LogP contribution in [0.3, 0.4) is 0 Å². The van der Waals surface area contributed by atoms with Gasteiger partial charge in [0, 0.05) is 29.4 Å². The fraction of sp³-hybridized carbons (Fsp3) is 0.148. The third-order valence-electron chi connectivity index (χ3n) is 6.87. The number of amides is 3. The molecule has 5 aromatic rings. The zero-order valence-corrected chi connectivity index (χ0v) is 19.6. The van der Waals surface area contributed by atoms with E-state index in [1.807, 2.05) is 60.4 Å². The van der Waals surface area contributed by atoms with Crippen LogP contribution < -0.4 is 15.4 Å². The zero-order valence-electron chi connectivity index (χ0n) is 19.6. The van der Waals surface area contributed by atoms with E-state index >= 15 is 0 Å². The number of hydrogen-bond acceptors (Lipinski definition) is 5. The second kappa shape index (κ2) is 7.88. The van der Waals surface area contributed by atoms with Crippen LogP contribution in [0.2, 0.25) is 0 Å². The van der Waals surface area contributed by atoms with Crippen LogP contribution in [0.15, 0.2) is 73.1 Å². The van der Waals surface area contributed by atoms with Crippen molar-refractivity contribution >= 4 is 33.6 Å². The highest BCUT2D eigenvalue weighted by Crippen LogP contribution is 2.35. The first kappa shape index (κ1) is 21.7. The maximum atomic E-state index is 13.1. The number of fused-ring (bicyclic) bond motifs is 2. The molecule has 9 nitrogen and oxygen atoms in total. The molecule has 180 valence electrons. The molecule has 1 aliphatic heterocycles. The van der Waals surface area contributed by atoms with Crippen molar-refractivity contribution in [1.82, 2.24) is 25.0 Å². The van der Waals surface area contributed by atoms with E-state index in [0.29, 0.717) is 16.7 Å². The summed E-state index contributed by atoms with van der Waals surface area (Å²) in [6.45, 7) is 0.00833. The Morgan fingerprint density at radius 2 is 1.78 bits per heavy atom. The number of rotatable bonds is 5. The molecule has 0 bridgehead atoms. The van der Waals surface area contributed by atoms with Gasteiger partial charge in [-0.05, 0) is 47.0 Å². The van der Waals surface area contributed by atoms with Gasteiger partial charge in [-0.25, -0.2) is 4.79 Å². The predicted molar refractivity (Wildman–Crippen MR) is 135 cm³/mol. The fourth-order valence-corrected chi connectivity index (χ4v) is 4.92. The minimum Gasteiger partial charge on any atom is -0.497 e. The quantitative estimate of drug-likeness (QED) is 0.332. The van der Waals surface area contributed by atoms with Gasteiger partial charge in [-0.15, -0.1) is 0 Å². The van der Waals surface area contributed by atoms with E-state index in [-0.39, 0.29) is 12.4 Å². The third kappa shape index (κ3) is 3.28. The molecule has 9 heteroatoms. The Balaban J connectivity index is 1.39. The summed E-state index contributed by atoms with van der Waals surface area (Å²) in [5.74, 6) is 0.114. The van der Waals surface area contributed by atoms with E-state index < -0.39 is 17.5 Å². The van der Waals surface area contributed by atoms with Gasteiger partial charge < -0.3 is 19.7 Å². The summed E-state index contributed by atoms with van der Waals surface area (Å²) in [5.41, 5.74) is 2.23. The number of ether oxygens (including phenoxy) is 1. The number of aromatic hydroxyl groups is 1. The Bertz CT molecular complexity index is 1670. The fourth-order valence-electron chi connectivity index (χ4n) is 4.92. The molecule has 3 aromatic carbocycles. The Hall–Kier alpha value is -4.79. The summed E-state index contributed by atoms with van der Waals surface area (Å²) >= 11 is 0. The van der Waals surface area contributed by atoms with Crippen LogP contribution in [-0.2, 0) is 23.9 Å². The van der Waals surface area contributed by atoms with E-state index in [0.717, 1.165) is 27.4 Å². The Labute approximate surface area is 205 Å². The van der Waals surface area contributed by atoms with E-state index in [9.17, 15) is 14.7 Å². The average molecular weight is 482 g/mol. The van der Waals surface area contributed by atoms with Crippen molar-refractivity contribution in [3.63, 3.8) is 0 Å². The summed E-state index contributed by atoms with van der Waals surface area (Å²) < 4.78 is 8.66. The molecule has 3 heterocycles. The standard InChI is InChI=1S/C27H23N5O4/c1-31-23-10-6-17(11-19(23)13-28-31)16-3-7-20(8-4-16)27(25(34)29-26(35)30-27)15-32-14-18-5-9-21(36-2)12-22(18)24(32)33/h3-14,33H,15H2,1-2H3,(H2,29,30,34,35)/t27-/m0/s1. The molecule has 6 rings (SSSR count). The van der Waals surface area contributed by atoms with Gasteiger partial charge in [0.25, 0.3) is 5.91 Å². The zero-order chi connectivity index (χ0) is 25.0. The SMILES string of the molecule is COc1ccc2cn(C[C@@]3(c4ccc(-c5ccc6c(cnn6C)c5)cc4)NC(=O)NC3=O)c(O)c2c1. The molecule has 0 aliphatic carbocycles. The molecule has 1 atom stereocenters. The van der Waals surface area contributed by atoms with Crippen molar-refractivity contribution in [2.24, 2.45) is 7.05 Å². The van der Waals surface area contributed by atoms with Gasteiger partial charge in [-0.1, -0.05) is 30.3 Å². The van der Waals surface area contributed by atoms with Crippen LogP contribution >= 0.6 is 0 Å². The molecule has 0 radical (unpaired) electrons. The number of nitrogens with zero attached hydrogens (tertiary/aromatic N) is 3. The van der Waals surface area contributed by atoms with Crippen LogP contribution in [0.4, 0.5) is 4.79 Å². The molecule has 3 amide bonds. The minimum atomic E-state index is -1.39. The number of imide groups is 1. The summed E-state index contributed by atoms with van der Waals surface area (Å²) in [6, 6.07) is 18.4. The predicted octanol–water partition coefficient (Wildman–Crippen LogP) is 3.64. The lowest BCUT2D eigenvalue weighted by Crippen LogP contribution is -2.47. The first-order chi connectivity index (χ1) is 17.4. The van der Waals surface area contributed by atoms with Crippen LogP contribution in [0, 0.1) is 0 Å². The number of methoxy groups -OCH3 is 1. The van der Waals surface area contributed by atoms with E-state index in [4.69, 9.17) is 4.74 Å². The van der Waals surface area contributed by atoms with Crippen LogP contribution in [-0.4, -0.2) is 38.5 Å². The smallest absolute Gasteiger partial charge is 0.322 e. The van der Waals surface area contributed by atoms with Crippen LogP contribution in [0.25, 0.3) is 32.8 Å². The first-order valence-corrected chi connectivity index (χ1v) is 11.4. The van der Waals surface area contributed by atoms with Crippen molar-refractivity contribution in [1.29, 1.82) is 0 Å². The second-order valence-corrected chi connectivity index (χ2v) is 8.97. The van der Waals surface area contributed by atoms with Crippen molar-refractivity contribution in [3.8, 4) is 22.8 Å². The molecule has 1 aliphatic rings. The van der Waals surface area contributed by atoms with E-state index in [1.165, 1.54) is 0 Å². The summed E-state index contributed by atoms with van der Waals surface area (Å²) in [7, 11) is 3.46. The van der Waals surface area contributed by atoms with Gasteiger partial charge in [-0.2, -0.15) is 5.10 Å². The molecule has 36 heavy (non-hydrogen) atoms. The largest absolute Gasteiger partial charge is 0.497 e. The highest BCUT2D eigenvalue weighted by Gasteiger charge is 2.48. The molecular formula is C27H23N5O4. The van der Waals surface area contributed by atoms with Crippen molar-refractivity contribution < 1.29 is 19.4 Å². The minimum absolute atomic E-state index is 0.00833. The number of nitrogens with one attached hydrogen (secondary N) is 2. The van der Waals surface area contributed by atoms with Crippen LogP contribution in [0.5, 0.6) is 11.6 Å². The summed E-state index contributed by atoms with van der Waals surface area (Å²) in [4.78, 5) is 25.4. The van der Waals surface area contributed by atoms with Crippen molar-refractivity contribution in [3.05, 3.63) is 78.6 Å². The Morgan fingerprint density at radius 1 is 1.00 bits per heavy atom. The van der Waals surface area contributed by atoms with Gasteiger partial charge in [0.2, 0.25) is 0 Å². The van der Waals surface area contributed by atoms with Crippen molar-refractivity contribution in [2.75, 3.05) is 7.11 Å². The number of carbonyl (C=O) groups is 2.